The number of aliphatic hydroxyl groups excluding tert-OH is 1. The van der Waals surface area contributed by atoms with Gasteiger partial charge in [-0.2, -0.15) is 0 Å². The molecule has 3 rings (SSSR count). The van der Waals surface area contributed by atoms with Crippen LogP contribution in [0.25, 0.3) is 11.3 Å². The van der Waals surface area contributed by atoms with Crippen LogP contribution in [-0.2, 0) is 6.42 Å². The van der Waals surface area contributed by atoms with Crippen molar-refractivity contribution < 1.29 is 9.63 Å². The Morgan fingerprint density at radius 1 is 1.24 bits per heavy atom. The highest BCUT2D eigenvalue weighted by molar-refractivity contribution is 5.62. The number of aliphatic hydroxyl groups is 1. The fourth-order valence-corrected chi connectivity index (χ4v) is 2.52. The lowest BCUT2D eigenvalue weighted by Crippen LogP contribution is -2.27. The number of aromatic nitrogens is 2. The van der Waals surface area contributed by atoms with Crippen LogP contribution in [0.2, 0.25) is 0 Å². The second kappa shape index (κ2) is 6.69. The minimum Gasteiger partial charge on any atom is -0.396 e. The normalized spacial score (nSPS) is 16.0. The van der Waals surface area contributed by atoms with Crippen molar-refractivity contribution in [3.05, 3.63) is 30.2 Å². The molecule has 0 spiro atoms. The molecule has 1 aliphatic rings. The maximum absolute atomic E-state index is 8.93. The third-order valence-corrected chi connectivity index (χ3v) is 3.64. The van der Waals surface area contributed by atoms with E-state index in [1.807, 2.05) is 12.3 Å². The van der Waals surface area contributed by atoms with Crippen LogP contribution in [0.3, 0.4) is 0 Å². The zero-order valence-corrected chi connectivity index (χ0v) is 12.0. The van der Waals surface area contributed by atoms with E-state index in [1.54, 1.807) is 6.20 Å². The number of nitrogens with one attached hydrogen (secondary N) is 1. The predicted molar refractivity (Wildman–Crippen MR) is 80.2 cm³/mol. The van der Waals surface area contributed by atoms with E-state index in [0.29, 0.717) is 12.2 Å². The first-order valence-electron chi connectivity index (χ1n) is 7.34. The van der Waals surface area contributed by atoms with E-state index >= 15 is 0 Å². The van der Waals surface area contributed by atoms with Crippen LogP contribution in [0.4, 0.5) is 5.69 Å². The van der Waals surface area contributed by atoms with Gasteiger partial charge in [0.1, 0.15) is 0 Å². The summed E-state index contributed by atoms with van der Waals surface area (Å²) < 4.78 is 5.34. The third kappa shape index (κ3) is 3.40. The van der Waals surface area contributed by atoms with Crippen LogP contribution in [0.5, 0.6) is 0 Å². The van der Waals surface area contributed by atoms with Gasteiger partial charge in [-0.25, -0.2) is 0 Å². The Balaban J connectivity index is 1.81. The topological polar surface area (TPSA) is 74.4 Å². The number of hydrogen-bond donors (Lipinski definition) is 2. The van der Waals surface area contributed by atoms with Crippen molar-refractivity contribution >= 4 is 5.69 Å². The molecular weight excluding hydrogens is 268 g/mol. The first-order chi connectivity index (χ1) is 10.4. The number of hydrogen-bond acceptors (Lipinski definition) is 6. The molecule has 2 N–H and O–H groups in total. The average Bonchev–Trinajstić information content (AvgIpc) is 2.82. The van der Waals surface area contributed by atoms with Crippen molar-refractivity contribution in [1.82, 2.24) is 15.5 Å². The predicted octanol–water partition coefficient (Wildman–Crippen LogP) is 1.07. The van der Waals surface area contributed by atoms with Crippen LogP contribution in [0, 0.1) is 0 Å². The van der Waals surface area contributed by atoms with E-state index in [2.05, 4.69) is 26.4 Å². The molecule has 3 heterocycles. The molecule has 0 aliphatic carbocycles. The molecular formula is C15H20N4O2. The first-order valence-corrected chi connectivity index (χ1v) is 7.34. The van der Waals surface area contributed by atoms with Crippen molar-refractivity contribution in [1.29, 1.82) is 0 Å². The van der Waals surface area contributed by atoms with E-state index in [0.717, 1.165) is 49.5 Å². The SMILES string of the molecule is OCCc1cc(-c2cncc(N3CCCNCC3)c2)on1. The fourth-order valence-electron chi connectivity index (χ4n) is 2.52. The Bertz CT molecular complexity index is 577. The lowest BCUT2D eigenvalue weighted by Gasteiger charge is -2.22. The number of pyridine rings is 1. The molecule has 0 radical (unpaired) electrons. The van der Waals surface area contributed by atoms with Crippen molar-refractivity contribution in [2.45, 2.75) is 12.8 Å². The fraction of sp³-hybridized carbons (Fsp3) is 0.467. The standard InChI is InChI=1S/C15H20N4O2/c20-7-2-13-9-15(21-18-13)12-8-14(11-17-10-12)19-5-1-3-16-4-6-19/h8-11,16,20H,1-7H2. The molecule has 0 saturated carbocycles. The molecule has 2 aromatic heterocycles. The van der Waals surface area contributed by atoms with Gasteiger partial charge >= 0.3 is 0 Å². The largest absolute Gasteiger partial charge is 0.396 e. The summed E-state index contributed by atoms with van der Waals surface area (Å²) >= 11 is 0. The second-order valence-electron chi connectivity index (χ2n) is 5.18. The Morgan fingerprint density at radius 3 is 3.10 bits per heavy atom. The third-order valence-electron chi connectivity index (χ3n) is 3.64. The Kier molecular flexibility index (Phi) is 4.47. The molecule has 0 unspecified atom stereocenters. The van der Waals surface area contributed by atoms with Crippen molar-refractivity contribution in [2.75, 3.05) is 37.7 Å². The van der Waals surface area contributed by atoms with Crippen LogP contribution >= 0.6 is 0 Å². The molecule has 6 nitrogen and oxygen atoms in total. The summed E-state index contributed by atoms with van der Waals surface area (Å²) in [7, 11) is 0. The van der Waals surface area contributed by atoms with Crippen LogP contribution < -0.4 is 10.2 Å². The van der Waals surface area contributed by atoms with Crippen molar-refractivity contribution in [2.24, 2.45) is 0 Å². The molecule has 0 amide bonds. The van der Waals surface area contributed by atoms with Gasteiger partial charge < -0.3 is 19.8 Å². The second-order valence-corrected chi connectivity index (χ2v) is 5.18. The van der Waals surface area contributed by atoms with Gasteiger partial charge in [0.05, 0.1) is 17.6 Å². The van der Waals surface area contributed by atoms with E-state index < -0.39 is 0 Å². The molecule has 21 heavy (non-hydrogen) atoms. The zero-order chi connectivity index (χ0) is 14.5. The molecule has 0 aromatic carbocycles. The van der Waals surface area contributed by atoms with Crippen molar-refractivity contribution in [3.8, 4) is 11.3 Å². The molecule has 0 atom stereocenters. The van der Waals surface area contributed by atoms with Gasteiger partial charge in [-0.15, -0.1) is 0 Å². The Hall–Kier alpha value is -1.92. The average molecular weight is 288 g/mol. The van der Waals surface area contributed by atoms with Gasteiger partial charge in [0, 0.05) is 50.5 Å². The Morgan fingerprint density at radius 2 is 2.19 bits per heavy atom. The van der Waals surface area contributed by atoms with E-state index in [9.17, 15) is 0 Å². The number of rotatable bonds is 4. The lowest BCUT2D eigenvalue weighted by molar-refractivity contribution is 0.294. The van der Waals surface area contributed by atoms with Gasteiger partial charge in [-0.1, -0.05) is 5.16 Å². The number of anilines is 1. The molecule has 112 valence electrons. The van der Waals surface area contributed by atoms with Gasteiger partial charge in [-0.3, -0.25) is 4.98 Å². The summed E-state index contributed by atoms with van der Waals surface area (Å²) in [5.41, 5.74) is 2.79. The smallest absolute Gasteiger partial charge is 0.168 e. The molecule has 0 bridgehead atoms. The number of nitrogens with zero attached hydrogens (tertiary/aromatic N) is 3. The summed E-state index contributed by atoms with van der Waals surface area (Å²) in [6.45, 7) is 4.15. The maximum Gasteiger partial charge on any atom is 0.168 e. The summed E-state index contributed by atoms with van der Waals surface area (Å²) in [5.74, 6) is 0.695. The van der Waals surface area contributed by atoms with Gasteiger partial charge in [0.2, 0.25) is 0 Å². The van der Waals surface area contributed by atoms with Crippen LogP contribution in [0.15, 0.2) is 29.0 Å². The molecule has 1 aliphatic heterocycles. The van der Waals surface area contributed by atoms with Gasteiger partial charge in [0.15, 0.2) is 5.76 Å². The molecule has 6 heteroatoms. The van der Waals surface area contributed by atoms with E-state index in [-0.39, 0.29) is 6.61 Å². The summed E-state index contributed by atoms with van der Waals surface area (Å²) in [4.78, 5) is 6.66. The first kappa shape index (κ1) is 14.0. The quantitative estimate of drug-likeness (QED) is 0.876. The zero-order valence-electron chi connectivity index (χ0n) is 12.0. The van der Waals surface area contributed by atoms with E-state index in [4.69, 9.17) is 9.63 Å². The highest BCUT2D eigenvalue weighted by Crippen LogP contribution is 2.24. The summed E-state index contributed by atoms with van der Waals surface area (Å²) in [6.07, 6.45) is 5.31. The van der Waals surface area contributed by atoms with Crippen molar-refractivity contribution in [3.63, 3.8) is 0 Å². The molecule has 1 fully saturated rings. The minimum atomic E-state index is 0.0744. The highest BCUT2D eigenvalue weighted by Gasteiger charge is 2.12. The monoisotopic (exact) mass is 288 g/mol. The molecule has 1 saturated heterocycles. The van der Waals surface area contributed by atoms with E-state index in [1.165, 1.54) is 0 Å². The summed E-state index contributed by atoms with van der Waals surface area (Å²) in [6, 6.07) is 3.95. The van der Waals surface area contributed by atoms with Gasteiger partial charge in [0.25, 0.3) is 0 Å². The van der Waals surface area contributed by atoms with Crippen LogP contribution in [0.1, 0.15) is 12.1 Å². The summed E-state index contributed by atoms with van der Waals surface area (Å²) in [5, 5.41) is 16.3. The maximum atomic E-state index is 8.93. The highest BCUT2D eigenvalue weighted by atomic mass is 16.5. The minimum absolute atomic E-state index is 0.0744. The lowest BCUT2D eigenvalue weighted by atomic mass is 10.2. The van der Waals surface area contributed by atoms with Crippen LogP contribution in [-0.4, -0.2) is 48.0 Å². The molecule has 2 aromatic rings. The Labute approximate surface area is 123 Å². The van der Waals surface area contributed by atoms with Gasteiger partial charge in [-0.05, 0) is 19.0 Å².